The Morgan fingerprint density at radius 1 is 0.391 bits per heavy atom. The second kappa shape index (κ2) is 11.4. The van der Waals surface area contributed by atoms with Crippen molar-refractivity contribution in [2.24, 2.45) is 0 Å². The highest BCUT2D eigenvalue weighted by Crippen LogP contribution is 2.45. The topological polar surface area (TPSA) is 0 Å². The van der Waals surface area contributed by atoms with Crippen molar-refractivity contribution in [1.29, 1.82) is 0 Å². The average molecular weight is 650 g/mol. The van der Waals surface area contributed by atoms with Crippen molar-refractivity contribution in [2.45, 2.75) is 24.7 Å². The van der Waals surface area contributed by atoms with Crippen LogP contribution in [0.5, 0.6) is 0 Å². The lowest BCUT2D eigenvalue weighted by Crippen LogP contribution is -2.11. The van der Waals surface area contributed by atoms with Crippen LogP contribution in [0.15, 0.2) is 90.5 Å². The number of halogens is 12. The lowest BCUT2D eigenvalue weighted by Gasteiger charge is -2.12. The largest absolute Gasteiger partial charge is 0.416 e. The van der Waals surface area contributed by atoms with E-state index in [0.717, 1.165) is 0 Å². The molecule has 1 aliphatic carbocycles. The zero-order valence-electron chi connectivity index (χ0n) is 22.6. The van der Waals surface area contributed by atoms with Crippen LogP contribution < -0.4 is 0 Å². The third kappa shape index (κ3) is 6.76. The summed E-state index contributed by atoms with van der Waals surface area (Å²) in [6.45, 7) is 0. The van der Waals surface area contributed by atoms with Gasteiger partial charge in [-0.2, -0.15) is 52.7 Å². The molecule has 234 valence electrons. The van der Waals surface area contributed by atoms with Crippen LogP contribution in [0.3, 0.4) is 0 Å². The maximum atomic E-state index is 13.4. The molecule has 1 aliphatic rings. The lowest BCUT2D eigenvalue weighted by molar-refractivity contribution is -0.144. The van der Waals surface area contributed by atoms with Crippen LogP contribution in [0.25, 0.3) is 16.7 Å². The van der Waals surface area contributed by atoms with E-state index in [9.17, 15) is 52.7 Å². The van der Waals surface area contributed by atoms with Gasteiger partial charge in [0.1, 0.15) is 0 Å². The summed E-state index contributed by atoms with van der Waals surface area (Å²) in [6, 6.07) is 14.7. The Morgan fingerprint density at radius 2 is 0.674 bits per heavy atom. The molecule has 0 nitrogen and oxygen atoms in total. The molecular weight excluding hydrogens is 636 g/mol. The second-order valence-corrected chi connectivity index (χ2v) is 9.93. The summed E-state index contributed by atoms with van der Waals surface area (Å²) in [6.07, 6.45) is -20.7. The van der Waals surface area contributed by atoms with Gasteiger partial charge in [0.15, 0.2) is 0 Å². The number of fused-ring (bicyclic) bond motifs is 3. The van der Waals surface area contributed by atoms with Crippen LogP contribution in [-0.4, -0.2) is 0 Å². The molecule has 0 radical (unpaired) electrons. The molecule has 0 spiro atoms. The van der Waals surface area contributed by atoms with E-state index < -0.39 is 58.1 Å². The van der Waals surface area contributed by atoms with Crippen molar-refractivity contribution in [1.82, 2.24) is 0 Å². The molecule has 5 rings (SSSR count). The van der Waals surface area contributed by atoms with E-state index in [1.54, 1.807) is 48.5 Å². The van der Waals surface area contributed by atoms with E-state index in [2.05, 4.69) is 23.7 Å². The van der Waals surface area contributed by atoms with Crippen LogP contribution in [0.1, 0.15) is 44.5 Å². The van der Waals surface area contributed by atoms with E-state index >= 15 is 0 Å². The first-order valence-corrected chi connectivity index (χ1v) is 12.9. The standard InChI is InChI=1S/C34H14F12/c35-31(36,37)22-13-19(14-23(17-22)32(38,39)40)9-11-21(30-28-7-3-1-5-26(28)27-6-2-4-8-29(27)30)12-10-20-15-24(33(41,42)43)18-25(16-20)34(44,45)46/h1-8,13-18H. The normalized spacial score (nSPS) is 12.8. The highest BCUT2D eigenvalue weighted by molar-refractivity contribution is 6.04. The van der Waals surface area contributed by atoms with E-state index in [1.165, 1.54) is 0 Å². The zero-order chi connectivity index (χ0) is 33.7. The summed E-state index contributed by atoms with van der Waals surface area (Å²) < 4.78 is 161. The lowest BCUT2D eigenvalue weighted by atomic mass is 9.97. The van der Waals surface area contributed by atoms with Crippen molar-refractivity contribution in [2.75, 3.05) is 0 Å². The van der Waals surface area contributed by atoms with Crippen molar-refractivity contribution in [3.8, 4) is 34.8 Å². The smallest absolute Gasteiger partial charge is 0.166 e. The number of alkyl halides is 12. The Morgan fingerprint density at radius 3 is 0.957 bits per heavy atom. The fraction of sp³-hybridized carbons (Fsp3) is 0.118. The Bertz CT molecular complexity index is 1790. The Balaban J connectivity index is 1.79. The van der Waals surface area contributed by atoms with Gasteiger partial charge >= 0.3 is 24.7 Å². The molecule has 0 amide bonds. The number of hydrogen-bond donors (Lipinski definition) is 0. The first kappa shape index (κ1) is 32.3. The van der Waals surface area contributed by atoms with Crippen LogP contribution in [0.2, 0.25) is 0 Å². The van der Waals surface area contributed by atoms with Crippen LogP contribution >= 0.6 is 0 Å². The van der Waals surface area contributed by atoms with Gasteiger partial charge in [-0.15, -0.1) is 0 Å². The summed E-state index contributed by atoms with van der Waals surface area (Å²) in [7, 11) is 0. The van der Waals surface area contributed by atoms with Gasteiger partial charge in [-0.1, -0.05) is 72.2 Å². The number of benzene rings is 4. The molecule has 0 unspecified atom stereocenters. The third-order valence-corrected chi connectivity index (χ3v) is 6.77. The predicted octanol–water partition coefficient (Wildman–Crippen LogP) is 10.6. The van der Waals surface area contributed by atoms with E-state index in [0.29, 0.717) is 46.5 Å². The highest BCUT2D eigenvalue weighted by Gasteiger charge is 2.38. The molecule has 0 aromatic heterocycles. The highest BCUT2D eigenvalue weighted by atomic mass is 19.4. The molecule has 0 aliphatic heterocycles. The van der Waals surface area contributed by atoms with Crippen LogP contribution in [0, 0.1) is 23.7 Å². The summed E-state index contributed by atoms with van der Waals surface area (Å²) in [5.41, 5.74) is -5.74. The molecule has 0 saturated carbocycles. The molecule has 0 N–H and O–H groups in total. The first-order valence-electron chi connectivity index (χ1n) is 12.9. The number of rotatable bonds is 0. The van der Waals surface area contributed by atoms with E-state index in [4.69, 9.17) is 0 Å². The molecular formula is C34H14F12. The van der Waals surface area contributed by atoms with Gasteiger partial charge in [0.05, 0.1) is 27.8 Å². The fourth-order valence-electron chi connectivity index (χ4n) is 4.77. The number of hydrogen-bond acceptors (Lipinski definition) is 0. The fourth-order valence-corrected chi connectivity index (χ4v) is 4.77. The van der Waals surface area contributed by atoms with E-state index in [-0.39, 0.29) is 23.3 Å². The zero-order valence-corrected chi connectivity index (χ0v) is 22.6. The molecule has 0 atom stereocenters. The Hall–Kier alpha value is -5.10. The summed E-state index contributed by atoms with van der Waals surface area (Å²) in [5, 5.41) is 0. The maximum Gasteiger partial charge on any atom is 0.416 e. The molecule has 0 saturated heterocycles. The molecule has 0 bridgehead atoms. The van der Waals surface area contributed by atoms with Gasteiger partial charge < -0.3 is 0 Å². The predicted molar refractivity (Wildman–Crippen MR) is 145 cm³/mol. The second-order valence-electron chi connectivity index (χ2n) is 9.93. The monoisotopic (exact) mass is 650 g/mol. The summed E-state index contributed by atoms with van der Waals surface area (Å²) in [4.78, 5) is 0. The van der Waals surface area contributed by atoms with Crippen molar-refractivity contribution in [3.05, 3.63) is 135 Å². The van der Waals surface area contributed by atoms with Crippen molar-refractivity contribution < 1.29 is 52.7 Å². The maximum absolute atomic E-state index is 13.4. The van der Waals surface area contributed by atoms with Gasteiger partial charge in [-0.05, 0) is 58.7 Å². The minimum Gasteiger partial charge on any atom is -0.166 e. The molecule has 0 fully saturated rings. The van der Waals surface area contributed by atoms with Gasteiger partial charge in [-0.25, -0.2) is 0 Å². The first-order chi connectivity index (χ1) is 21.3. The van der Waals surface area contributed by atoms with Gasteiger partial charge in [-0.3, -0.25) is 0 Å². The third-order valence-electron chi connectivity index (χ3n) is 6.77. The quantitative estimate of drug-likeness (QED) is 0.116. The van der Waals surface area contributed by atoms with Gasteiger partial charge in [0.2, 0.25) is 0 Å². The van der Waals surface area contributed by atoms with Crippen molar-refractivity contribution >= 4 is 5.57 Å². The molecule has 46 heavy (non-hydrogen) atoms. The Labute approximate surface area is 253 Å². The van der Waals surface area contributed by atoms with E-state index in [1.807, 2.05) is 0 Å². The number of allylic oxidation sites excluding steroid dienone is 1. The average Bonchev–Trinajstić information content (AvgIpc) is 3.29. The minimum absolute atomic E-state index is 0.0836. The van der Waals surface area contributed by atoms with Crippen molar-refractivity contribution in [3.63, 3.8) is 0 Å². The SMILES string of the molecule is FC(F)(F)c1cc(C#CC(C#Cc2cc(C(F)(F)F)cc(C(F)(F)F)c2)=C2c3ccccc3-c3ccccc32)cc(C(F)(F)F)c1. The van der Waals surface area contributed by atoms with Gasteiger partial charge in [0.25, 0.3) is 0 Å². The molecule has 0 heterocycles. The van der Waals surface area contributed by atoms with Gasteiger partial charge in [0, 0.05) is 16.7 Å². The molecule has 12 heteroatoms. The minimum atomic E-state index is -5.16. The Kier molecular flexibility index (Phi) is 7.98. The molecule has 4 aromatic rings. The summed E-state index contributed by atoms with van der Waals surface area (Å²) >= 11 is 0. The summed E-state index contributed by atoms with van der Waals surface area (Å²) in [5.74, 6) is 9.40. The van der Waals surface area contributed by atoms with Crippen LogP contribution in [-0.2, 0) is 24.7 Å². The van der Waals surface area contributed by atoms with Crippen LogP contribution in [0.4, 0.5) is 52.7 Å². The molecule has 4 aromatic carbocycles.